The molecule has 0 aromatic carbocycles. The third kappa shape index (κ3) is 1.26. The van der Waals surface area contributed by atoms with E-state index >= 15 is 0 Å². The van der Waals surface area contributed by atoms with Crippen molar-refractivity contribution in [1.82, 2.24) is 5.32 Å². The highest BCUT2D eigenvalue weighted by Gasteiger charge is 2.18. The molecule has 1 heterocycles. The number of carbonyl (C=O) groups is 1. The van der Waals surface area contributed by atoms with Gasteiger partial charge in [-0.25, -0.2) is 4.39 Å². The second kappa shape index (κ2) is 2.14. The molecule has 1 aliphatic rings. The Labute approximate surface area is 51.7 Å². The fourth-order valence-electron chi connectivity index (χ4n) is 0.618. The molecule has 3 nitrogen and oxygen atoms in total. The maximum Gasteiger partial charge on any atom is 0.241 e. The lowest BCUT2D eigenvalue weighted by molar-refractivity contribution is -0.121. The molecule has 50 valence electrons. The summed E-state index contributed by atoms with van der Waals surface area (Å²) in [5.74, 6) is -0.696. The lowest BCUT2D eigenvalue weighted by Gasteiger charge is -2.13. The van der Waals surface area contributed by atoms with E-state index in [0.717, 1.165) is 6.20 Å². The van der Waals surface area contributed by atoms with E-state index < -0.39 is 6.04 Å². The van der Waals surface area contributed by atoms with Gasteiger partial charge in [0.25, 0.3) is 0 Å². The maximum atomic E-state index is 12.2. The second-order valence-corrected chi connectivity index (χ2v) is 1.91. The highest BCUT2D eigenvalue weighted by atomic mass is 19.1. The van der Waals surface area contributed by atoms with Crippen molar-refractivity contribution in [3.8, 4) is 0 Å². The third-order valence-electron chi connectivity index (χ3n) is 1.12. The average molecular weight is 130 g/mol. The molecule has 0 bridgehead atoms. The first kappa shape index (κ1) is 6.22. The summed E-state index contributed by atoms with van der Waals surface area (Å²) in [7, 11) is 0. The normalized spacial score (nSPS) is 27.1. The molecule has 1 aliphatic heterocycles. The minimum atomic E-state index is -0.713. The van der Waals surface area contributed by atoms with Gasteiger partial charge < -0.3 is 11.1 Å². The first-order valence-electron chi connectivity index (χ1n) is 2.60. The summed E-state index contributed by atoms with van der Waals surface area (Å²) in [6, 6.07) is -0.713. The van der Waals surface area contributed by atoms with Crippen molar-refractivity contribution in [3.05, 3.63) is 12.0 Å². The Kier molecular flexibility index (Phi) is 1.48. The molecule has 0 spiro atoms. The predicted octanol–water partition coefficient (Wildman–Crippen LogP) is -0.356. The van der Waals surface area contributed by atoms with Crippen molar-refractivity contribution in [2.75, 3.05) is 0 Å². The molecule has 0 fully saturated rings. The summed E-state index contributed by atoms with van der Waals surface area (Å²) >= 11 is 0. The van der Waals surface area contributed by atoms with Gasteiger partial charge in [0.05, 0.1) is 6.04 Å². The van der Waals surface area contributed by atoms with E-state index in [1.807, 2.05) is 0 Å². The molecule has 0 aromatic heterocycles. The largest absolute Gasteiger partial charge is 0.329 e. The molecule has 1 amide bonds. The van der Waals surface area contributed by atoms with Gasteiger partial charge in [-0.15, -0.1) is 0 Å². The zero-order valence-electron chi connectivity index (χ0n) is 4.73. The topological polar surface area (TPSA) is 55.1 Å². The first-order chi connectivity index (χ1) is 4.20. The van der Waals surface area contributed by atoms with Gasteiger partial charge in [0.15, 0.2) is 0 Å². The summed E-state index contributed by atoms with van der Waals surface area (Å²) in [5, 5.41) is 2.18. The fraction of sp³-hybridized carbons (Fsp3) is 0.400. The van der Waals surface area contributed by atoms with Gasteiger partial charge in [-0.05, 0) is 0 Å². The zero-order valence-corrected chi connectivity index (χ0v) is 4.73. The first-order valence-corrected chi connectivity index (χ1v) is 2.60. The van der Waals surface area contributed by atoms with Crippen molar-refractivity contribution in [2.24, 2.45) is 5.73 Å². The summed E-state index contributed by atoms with van der Waals surface area (Å²) in [6.07, 6.45) is 1.05. The Morgan fingerprint density at radius 2 is 2.56 bits per heavy atom. The van der Waals surface area contributed by atoms with Crippen molar-refractivity contribution in [2.45, 2.75) is 12.5 Å². The van der Waals surface area contributed by atoms with Crippen molar-refractivity contribution in [1.29, 1.82) is 0 Å². The number of nitrogens with two attached hydrogens (primary N) is 1. The molecule has 4 heteroatoms. The standard InChI is InChI=1S/C5H7FN2O/c6-3-1-4(7)5(9)8-2-3/h2,4H,1,7H2,(H,8,9). The van der Waals surface area contributed by atoms with Gasteiger partial charge in [-0.1, -0.05) is 0 Å². The van der Waals surface area contributed by atoms with Gasteiger partial charge >= 0.3 is 0 Å². The number of nitrogens with one attached hydrogen (secondary N) is 1. The number of hydrogen-bond acceptors (Lipinski definition) is 2. The van der Waals surface area contributed by atoms with Crippen LogP contribution >= 0.6 is 0 Å². The van der Waals surface area contributed by atoms with Crippen molar-refractivity contribution >= 4 is 5.91 Å². The van der Waals surface area contributed by atoms with E-state index in [-0.39, 0.29) is 18.2 Å². The van der Waals surface area contributed by atoms with Crippen LogP contribution in [0.3, 0.4) is 0 Å². The van der Waals surface area contributed by atoms with Gasteiger partial charge in [0, 0.05) is 12.6 Å². The van der Waals surface area contributed by atoms with Crippen molar-refractivity contribution in [3.63, 3.8) is 0 Å². The molecule has 0 radical (unpaired) electrons. The van der Waals surface area contributed by atoms with Crippen LogP contribution < -0.4 is 11.1 Å². The lowest BCUT2D eigenvalue weighted by atomic mass is 10.1. The second-order valence-electron chi connectivity index (χ2n) is 1.91. The third-order valence-corrected chi connectivity index (χ3v) is 1.12. The van der Waals surface area contributed by atoms with E-state index in [1.165, 1.54) is 0 Å². The summed E-state index contributed by atoms with van der Waals surface area (Å²) < 4.78 is 12.2. The zero-order chi connectivity index (χ0) is 6.85. The van der Waals surface area contributed by atoms with E-state index in [2.05, 4.69) is 5.32 Å². The van der Waals surface area contributed by atoms with Crippen LogP contribution in [-0.4, -0.2) is 11.9 Å². The minimum Gasteiger partial charge on any atom is -0.329 e. The lowest BCUT2D eigenvalue weighted by Crippen LogP contribution is -2.41. The van der Waals surface area contributed by atoms with Gasteiger partial charge in [-0.3, -0.25) is 4.79 Å². The van der Waals surface area contributed by atoms with Crippen LogP contribution in [0.2, 0.25) is 0 Å². The Hall–Kier alpha value is -0.900. The molecular formula is C5H7FN2O. The molecule has 1 atom stereocenters. The van der Waals surface area contributed by atoms with E-state index in [4.69, 9.17) is 5.73 Å². The smallest absolute Gasteiger partial charge is 0.241 e. The van der Waals surface area contributed by atoms with E-state index in [0.29, 0.717) is 0 Å². The Bertz CT molecular complexity index is 166. The fourth-order valence-corrected chi connectivity index (χ4v) is 0.618. The van der Waals surface area contributed by atoms with E-state index in [9.17, 15) is 9.18 Å². The van der Waals surface area contributed by atoms with Crippen LogP contribution in [0.4, 0.5) is 4.39 Å². The summed E-state index contributed by atoms with van der Waals surface area (Å²) in [4.78, 5) is 10.5. The molecule has 0 saturated heterocycles. The highest BCUT2D eigenvalue weighted by Crippen LogP contribution is 2.07. The molecule has 9 heavy (non-hydrogen) atoms. The summed E-state index contributed by atoms with van der Waals surface area (Å²) in [6.45, 7) is 0. The number of rotatable bonds is 0. The number of amides is 1. The molecule has 3 N–H and O–H groups in total. The van der Waals surface area contributed by atoms with Crippen LogP contribution in [0.25, 0.3) is 0 Å². The molecule has 0 aliphatic carbocycles. The Balaban J connectivity index is 2.65. The van der Waals surface area contributed by atoms with Crippen LogP contribution in [0.15, 0.2) is 12.0 Å². The quantitative estimate of drug-likeness (QED) is 0.470. The van der Waals surface area contributed by atoms with E-state index in [1.54, 1.807) is 0 Å². The van der Waals surface area contributed by atoms with Crippen molar-refractivity contribution < 1.29 is 9.18 Å². The van der Waals surface area contributed by atoms with Gasteiger partial charge in [-0.2, -0.15) is 0 Å². The monoisotopic (exact) mass is 130 g/mol. The maximum absolute atomic E-state index is 12.2. The number of hydrogen-bond donors (Lipinski definition) is 2. The average Bonchev–Trinajstić information content (AvgIpc) is 1.80. The Morgan fingerprint density at radius 3 is 3.00 bits per heavy atom. The predicted molar refractivity (Wildman–Crippen MR) is 29.9 cm³/mol. The van der Waals surface area contributed by atoms with Gasteiger partial charge in [0.1, 0.15) is 5.83 Å². The molecule has 1 unspecified atom stereocenters. The van der Waals surface area contributed by atoms with Crippen LogP contribution in [0.5, 0.6) is 0 Å². The SMILES string of the molecule is NC1CC(F)=CNC1=O. The Morgan fingerprint density at radius 1 is 1.89 bits per heavy atom. The molecule has 1 rings (SSSR count). The minimum absolute atomic E-state index is 0.0197. The van der Waals surface area contributed by atoms with Crippen LogP contribution in [-0.2, 0) is 4.79 Å². The van der Waals surface area contributed by atoms with Gasteiger partial charge in [0.2, 0.25) is 5.91 Å². The van der Waals surface area contributed by atoms with Crippen LogP contribution in [0, 0.1) is 0 Å². The number of halogens is 1. The molecule has 0 saturated carbocycles. The highest BCUT2D eigenvalue weighted by molar-refractivity contribution is 5.83. The summed E-state index contributed by atoms with van der Waals surface area (Å²) in [5.41, 5.74) is 5.18. The molecule has 0 aromatic rings. The van der Waals surface area contributed by atoms with Crippen LogP contribution in [0.1, 0.15) is 6.42 Å². The number of carbonyl (C=O) groups excluding carboxylic acids is 1. The molecular weight excluding hydrogens is 123 g/mol.